The molecule has 3 aromatic rings. The van der Waals surface area contributed by atoms with Gasteiger partial charge in [0, 0.05) is 30.0 Å². The second-order valence-electron chi connectivity index (χ2n) is 4.18. The Bertz CT molecular complexity index is 942. The molecule has 1 N–H and O–H groups in total. The van der Waals surface area contributed by atoms with Crippen LogP contribution in [0.3, 0.4) is 0 Å². The van der Waals surface area contributed by atoms with Crippen LogP contribution in [0.4, 0.5) is 5.69 Å². The number of aromatic amines is 1. The zero-order valence-corrected chi connectivity index (χ0v) is 10.6. The summed E-state index contributed by atoms with van der Waals surface area (Å²) < 4.78 is 1.49. The molecule has 0 aliphatic carbocycles. The quantitative estimate of drug-likeness (QED) is 0.413. The molecular formula is C14H8N4O3. The number of benzene rings is 1. The summed E-state index contributed by atoms with van der Waals surface area (Å²) in [6.45, 7) is 0. The van der Waals surface area contributed by atoms with Crippen molar-refractivity contribution < 1.29 is 4.92 Å². The fraction of sp³-hybridized carbons (Fsp3) is 0. The average Bonchev–Trinajstić information content (AvgIpc) is 2.90. The van der Waals surface area contributed by atoms with Gasteiger partial charge in [-0.15, -0.1) is 0 Å². The van der Waals surface area contributed by atoms with E-state index in [1.165, 1.54) is 35.1 Å². The van der Waals surface area contributed by atoms with E-state index in [0.29, 0.717) is 11.3 Å². The van der Waals surface area contributed by atoms with Crippen LogP contribution >= 0.6 is 0 Å². The second-order valence-corrected chi connectivity index (χ2v) is 4.18. The van der Waals surface area contributed by atoms with E-state index < -0.39 is 4.92 Å². The maximum Gasteiger partial charge on any atom is 0.269 e. The van der Waals surface area contributed by atoms with Crippen molar-refractivity contribution in [3.8, 4) is 11.8 Å². The van der Waals surface area contributed by atoms with Crippen LogP contribution in [-0.2, 0) is 0 Å². The smallest absolute Gasteiger partial charge is 0.269 e. The number of nitro benzene ring substituents is 1. The number of hydrogen-bond acceptors (Lipinski definition) is 4. The van der Waals surface area contributed by atoms with Gasteiger partial charge < -0.3 is 0 Å². The summed E-state index contributed by atoms with van der Waals surface area (Å²) in [4.78, 5) is 25.6. The highest BCUT2D eigenvalue weighted by molar-refractivity contribution is 5.47. The van der Waals surface area contributed by atoms with Crippen LogP contribution in [-0.4, -0.2) is 19.5 Å². The third-order valence-electron chi connectivity index (χ3n) is 2.83. The Labute approximate surface area is 118 Å². The summed E-state index contributed by atoms with van der Waals surface area (Å²) in [5, 5.41) is 13.4. The summed E-state index contributed by atoms with van der Waals surface area (Å²) >= 11 is 0. The van der Waals surface area contributed by atoms with Crippen molar-refractivity contribution in [2.75, 3.05) is 0 Å². The number of nitrogens with one attached hydrogen (secondary N) is 1. The molecule has 0 aliphatic rings. The second kappa shape index (κ2) is 4.94. The van der Waals surface area contributed by atoms with Gasteiger partial charge in [0.25, 0.3) is 5.69 Å². The molecule has 0 aliphatic heterocycles. The molecule has 3 rings (SSSR count). The maximum absolute atomic E-state index is 11.6. The van der Waals surface area contributed by atoms with Crippen LogP contribution in [0.2, 0.25) is 0 Å². The third kappa shape index (κ3) is 2.37. The number of hydrogen-bond donors (Lipinski definition) is 1. The van der Waals surface area contributed by atoms with Gasteiger partial charge in [-0.25, -0.2) is 9.50 Å². The van der Waals surface area contributed by atoms with Crippen LogP contribution in [0.1, 0.15) is 11.3 Å². The number of H-pyrrole nitrogens is 1. The first-order valence-corrected chi connectivity index (χ1v) is 5.97. The highest BCUT2D eigenvalue weighted by Crippen LogP contribution is 2.11. The first kappa shape index (κ1) is 12.6. The molecule has 2 heterocycles. The highest BCUT2D eigenvalue weighted by Gasteiger charge is 2.04. The topological polar surface area (TPSA) is 93.3 Å². The number of imidazole rings is 1. The Kier molecular flexibility index (Phi) is 2.97. The molecule has 0 atom stereocenters. The molecule has 102 valence electrons. The van der Waals surface area contributed by atoms with Crippen molar-refractivity contribution in [1.29, 1.82) is 0 Å². The van der Waals surface area contributed by atoms with Gasteiger partial charge in [0.15, 0.2) is 0 Å². The van der Waals surface area contributed by atoms with E-state index in [4.69, 9.17) is 0 Å². The molecule has 0 saturated carbocycles. The number of aromatic nitrogens is 3. The van der Waals surface area contributed by atoms with Gasteiger partial charge in [-0.1, -0.05) is 5.92 Å². The minimum atomic E-state index is -0.466. The monoisotopic (exact) mass is 280 g/mol. The Morgan fingerprint density at radius 2 is 1.95 bits per heavy atom. The molecular weight excluding hydrogens is 272 g/mol. The SMILES string of the molecule is O=c1cc[nH]n2c(C#Cc3ccc([N+](=O)[O-])cc3)cnc12. The molecule has 0 spiro atoms. The third-order valence-corrected chi connectivity index (χ3v) is 2.83. The Morgan fingerprint density at radius 1 is 1.19 bits per heavy atom. The fourth-order valence-corrected chi connectivity index (χ4v) is 1.81. The van der Waals surface area contributed by atoms with Crippen molar-refractivity contribution in [2.24, 2.45) is 0 Å². The predicted octanol–water partition coefficient (Wildman–Crippen LogP) is 1.33. The first-order chi connectivity index (χ1) is 10.1. The van der Waals surface area contributed by atoms with Gasteiger partial charge in [0.1, 0.15) is 5.69 Å². The predicted molar refractivity (Wildman–Crippen MR) is 74.9 cm³/mol. The minimum Gasteiger partial charge on any atom is -0.299 e. The zero-order chi connectivity index (χ0) is 14.8. The summed E-state index contributed by atoms with van der Waals surface area (Å²) in [5.41, 5.74) is 1.25. The zero-order valence-electron chi connectivity index (χ0n) is 10.6. The van der Waals surface area contributed by atoms with Crippen LogP contribution in [0.15, 0.2) is 47.5 Å². The van der Waals surface area contributed by atoms with Crippen molar-refractivity contribution in [2.45, 2.75) is 0 Å². The number of rotatable bonds is 1. The molecule has 0 radical (unpaired) electrons. The normalized spacial score (nSPS) is 10.1. The minimum absolute atomic E-state index is 0.0136. The largest absolute Gasteiger partial charge is 0.299 e. The van der Waals surface area contributed by atoms with E-state index in [-0.39, 0.29) is 16.8 Å². The number of non-ortho nitro benzene ring substituents is 1. The molecule has 0 bridgehead atoms. The Morgan fingerprint density at radius 3 is 2.67 bits per heavy atom. The maximum atomic E-state index is 11.6. The highest BCUT2D eigenvalue weighted by atomic mass is 16.6. The van der Waals surface area contributed by atoms with Crippen molar-refractivity contribution >= 4 is 11.3 Å². The van der Waals surface area contributed by atoms with Gasteiger partial charge in [0.2, 0.25) is 11.1 Å². The Balaban J connectivity index is 1.98. The lowest BCUT2D eigenvalue weighted by Gasteiger charge is -1.93. The number of nitro groups is 1. The molecule has 0 fully saturated rings. The van der Waals surface area contributed by atoms with Crippen molar-refractivity contribution in [3.05, 3.63) is 74.3 Å². The van der Waals surface area contributed by atoms with Gasteiger partial charge in [0.05, 0.1) is 11.1 Å². The molecule has 21 heavy (non-hydrogen) atoms. The van der Waals surface area contributed by atoms with E-state index in [1.807, 2.05) is 0 Å². The molecule has 1 aromatic carbocycles. The van der Waals surface area contributed by atoms with Crippen LogP contribution in [0.25, 0.3) is 5.65 Å². The van der Waals surface area contributed by atoms with Gasteiger partial charge >= 0.3 is 0 Å². The van der Waals surface area contributed by atoms with Crippen LogP contribution in [0.5, 0.6) is 0 Å². The average molecular weight is 280 g/mol. The summed E-state index contributed by atoms with van der Waals surface area (Å²) in [6.07, 6.45) is 3.00. The molecule has 7 nitrogen and oxygen atoms in total. The van der Waals surface area contributed by atoms with Gasteiger partial charge in [-0.05, 0) is 18.1 Å². The van der Waals surface area contributed by atoms with Crippen molar-refractivity contribution in [3.63, 3.8) is 0 Å². The van der Waals surface area contributed by atoms with E-state index in [2.05, 4.69) is 21.9 Å². The number of nitrogens with zero attached hydrogens (tertiary/aromatic N) is 3. The number of fused-ring (bicyclic) bond motifs is 1. The van der Waals surface area contributed by atoms with Gasteiger partial charge in [-0.2, -0.15) is 0 Å². The van der Waals surface area contributed by atoms with Crippen LogP contribution < -0.4 is 5.43 Å². The van der Waals surface area contributed by atoms with Gasteiger partial charge in [-0.3, -0.25) is 20.0 Å². The molecule has 0 amide bonds. The summed E-state index contributed by atoms with van der Waals surface area (Å²) in [5.74, 6) is 5.74. The van der Waals surface area contributed by atoms with E-state index in [1.54, 1.807) is 12.1 Å². The Hall–Kier alpha value is -3.40. The van der Waals surface area contributed by atoms with Crippen LogP contribution in [0, 0.1) is 22.0 Å². The summed E-state index contributed by atoms with van der Waals surface area (Å²) in [6, 6.07) is 7.30. The molecule has 0 saturated heterocycles. The van der Waals surface area contributed by atoms with E-state index in [0.717, 1.165) is 0 Å². The summed E-state index contributed by atoms with van der Waals surface area (Å²) in [7, 11) is 0. The standard InChI is InChI=1S/C14H8N4O3/c19-13-7-8-16-17-12(9-15-14(13)17)6-3-10-1-4-11(5-2-10)18(20)21/h1-2,4-5,7-9,16H. The lowest BCUT2D eigenvalue weighted by Crippen LogP contribution is -2.06. The molecule has 0 unspecified atom stereocenters. The van der Waals surface area contributed by atoms with Crippen molar-refractivity contribution in [1.82, 2.24) is 14.6 Å². The van der Waals surface area contributed by atoms with E-state index in [9.17, 15) is 14.9 Å². The lowest BCUT2D eigenvalue weighted by molar-refractivity contribution is -0.384. The first-order valence-electron chi connectivity index (χ1n) is 5.97. The van der Waals surface area contributed by atoms with E-state index >= 15 is 0 Å². The molecule has 2 aromatic heterocycles. The fourth-order valence-electron chi connectivity index (χ4n) is 1.81. The lowest BCUT2D eigenvalue weighted by atomic mass is 10.2. The molecule has 7 heteroatoms.